The summed E-state index contributed by atoms with van der Waals surface area (Å²) in [6.07, 6.45) is 1.83. The third-order valence-electron chi connectivity index (χ3n) is 0.871. The fourth-order valence-corrected chi connectivity index (χ4v) is 1.82. The maximum absolute atomic E-state index is 5.61. The van der Waals surface area contributed by atoms with Crippen molar-refractivity contribution in [2.75, 3.05) is 0 Å². The van der Waals surface area contributed by atoms with E-state index in [2.05, 4.69) is 26.2 Å². The van der Waals surface area contributed by atoms with Gasteiger partial charge < -0.3 is 0 Å². The Morgan fingerprint density at radius 1 is 1.56 bits per heavy atom. The first-order chi connectivity index (χ1) is 3.95. The second kappa shape index (κ2) is 3.63. The molecule has 0 bridgehead atoms. The van der Waals surface area contributed by atoms with Gasteiger partial charge in [-0.25, -0.2) is 0 Å². The average molecular weight is 136 g/mol. The molecule has 0 N–H and O–H groups in total. The molecule has 48 valence electrons. The predicted molar refractivity (Wildman–Crippen MR) is 44.2 cm³/mol. The molecule has 1 atom stereocenters. The fraction of sp³-hybridized carbons (Fsp3) is 0.667. The van der Waals surface area contributed by atoms with E-state index in [9.17, 15) is 0 Å². The minimum atomic E-state index is -1.31. The van der Waals surface area contributed by atoms with Crippen LogP contribution < -0.4 is 0 Å². The van der Waals surface area contributed by atoms with Crippen LogP contribution in [0.15, 0.2) is 12.7 Å². The molecule has 0 rings (SSSR count). The first-order valence-corrected chi connectivity index (χ1v) is 6.67. The molecule has 0 aliphatic carbocycles. The zero-order valence-corrected chi connectivity index (χ0v) is 7.77. The first kappa shape index (κ1) is 9.51. The van der Waals surface area contributed by atoms with Crippen LogP contribution in [0, 0.1) is 0 Å². The second-order valence-electron chi connectivity index (χ2n) is 3.17. The monoisotopic (exact) mass is 136 g/mol. The molecule has 0 heterocycles. The van der Waals surface area contributed by atoms with Crippen LogP contribution in [0.4, 0.5) is 0 Å². The summed E-state index contributed by atoms with van der Waals surface area (Å²) in [5, 5.41) is 0. The zero-order valence-electron chi connectivity index (χ0n) is 6.77. The normalized spacial score (nSPS) is 15.2. The molecule has 0 aromatic rings. The third kappa shape index (κ3) is 6.40. The fourth-order valence-electron chi connectivity index (χ4n) is 0.606. The quantitative estimate of drug-likeness (QED) is 0.422. The van der Waals surface area contributed by atoms with Gasteiger partial charge in [0.2, 0.25) is 0 Å². The van der Waals surface area contributed by atoms with Crippen LogP contribution in [-0.4, -0.2) is 30.8 Å². The summed E-state index contributed by atoms with van der Waals surface area (Å²) in [6, 6.07) is 0. The van der Waals surface area contributed by atoms with Gasteiger partial charge in [-0.3, -0.25) is 0 Å². The zero-order chi connectivity index (χ0) is 7.49. The van der Waals surface area contributed by atoms with E-state index >= 15 is 0 Å². The van der Waals surface area contributed by atoms with Gasteiger partial charge >= 0.3 is 67.5 Å². The number of hydrogen-bond acceptors (Lipinski definition) is 1. The van der Waals surface area contributed by atoms with Crippen molar-refractivity contribution < 1.29 is 4.43 Å². The van der Waals surface area contributed by atoms with E-state index in [0.29, 0.717) is 0 Å². The molecular formula is C6H13LiOSi. The van der Waals surface area contributed by atoms with Crippen LogP contribution in [0.25, 0.3) is 0 Å². The van der Waals surface area contributed by atoms with E-state index in [1.807, 2.05) is 23.8 Å². The Bertz CT molecular complexity index is 97.7. The summed E-state index contributed by atoms with van der Waals surface area (Å²) in [4.78, 5) is 0. The summed E-state index contributed by atoms with van der Waals surface area (Å²) in [5.74, 6) is 0. The van der Waals surface area contributed by atoms with Crippen LogP contribution in [0.2, 0.25) is 19.6 Å². The van der Waals surface area contributed by atoms with Crippen molar-refractivity contribution in [3.63, 3.8) is 0 Å². The molecule has 0 fully saturated rings. The Balaban J connectivity index is 3.59. The Labute approximate surface area is 67.8 Å². The van der Waals surface area contributed by atoms with Crippen molar-refractivity contribution in [3.05, 3.63) is 12.7 Å². The van der Waals surface area contributed by atoms with Crippen LogP contribution in [-0.2, 0) is 4.43 Å². The van der Waals surface area contributed by atoms with Crippen molar-refractivity contribution in [1.29, 1.82) is 0 Å². The van der Waals surface area contributed by atoms with Crippen LogP contribution in [0.3, 0.4) is 0 Å². The Kier molecular flexibility index (Phi) is 3.83. The molecule has 0 saturated carbocycles. The van der Waals surface area contributed by atoms with Crippen molar-refractivity contribution in [3.8, 4) is 0 Å². The average Bonchev–Trinajstić information content (AvgIpc) is 1.62. The molecule has 0 aliphatic heterocycles. The number of hydrogen-bond donors (Lipinski definition) is 0. The van der Waals surface area contributed by atoms with E-state index in [1.54, 1.807) is 0 Å². The van der Waals surface area contributed by atoms with Crippen LogP contribution in [0.1, 0.15) is 0 Å². The molecule has 0 amide bonds. The van der Waals surface area contributed by atoms with Gasteiger partial charge in [-0.1, -0.05) is 0 Å². The van der Waals surface area contributed by atoms with Crippen molar-refractivity contribution in [2.45, 2.75) is 24.4 Å². The standard InChI is InChI=1S/C6H13OSi.Li/c1-5-6-7-8(2,3)4;/h5-6H,1H2,2-4H3;. The van der Waals surface area contributed by atoms with E-state index in [1.165, 1.54) is 0 Å². The summed E-state index contributed by atoms with van der Waals surface area (Å²) >= 11 is 2.02. The summed E-state index contributed by atoms with van der Waals surface area (Å²) in [5.41, 5.74) is 0. The summed E-state index contributed by atoms with van der Waals surface area (Å²) in [6.45, 7) is 10.2. The Hall–Kier alpha value is 0.514. The Morgan fingerprint density at radius 3 is 2.11 bits per heavy atom. The molecule has 0 radical (unpaired) electrons. The van der Waals surface area contributed by atoms with Crippen molar-refractivity contribution in [1.82, 2.24) is 0 Å². The van der Waals surface area contributed by atoms with E-state index in [-0.39, 0.29) is 4.78 Å². The third-order valence-corrected chi connectivity index (χ3v) is 1.95. The molecular weight excluding hydrogens is 123 g/mol. The molecule has 0 aromatic carbocycles. The molecule has 3 heteroatoms. The van der Waals surface area contributed by atoms with Gasteiger partial charge in [0, 0.05) is 0 Å². The molecule has 9 heavy (non-hydrogen) atoms. The van der Waals surface area contributed by atoms with Crippen molar-refractivity contribution >= 4 is 26.0 Å². The molecule has 0 aliphatic rings. The van der Waals surface area contributed by atoms with Gasteiger partial charge in [0.05, 0.1) is 0 Å². The first-order valence-electron chi connectivity index (χ1n) is 3.26. The van der Waals surface area contributed by atoms with Gasteiger partial charge in [-0.05, 0) is 0 Å². The van der Waals surface area contributed by atoms with Crippen LogP contribution >= 0.6 is 0 Å². The molecule has 0 saturated heterocycles. The summed E-state index contributed by atoms with van der Waals surface area (Å²) in [7, 11) is -1.31. The molecule has 1 nitrogen and oxygen atoms in total. The summed E-state index contributed by atoms with van der Waals surface area (Å²) < 4.78 is 5.83. The van der Waals surface area contributed by atoms with E-state index in [0.717, 1.165) is 0 Å². The molecule has 1 unspecified atom stereocenters. The van der Waals surface area contributed by atoms with Crippen LogP contribution in [0.5, 0.6) is 0 Å². The molecule has 0 aromatic heterocycles. The predicted octanol–water partition coefficient (Wildman–Crippen LogP) is 1.52. The Morgan fingerprint density at radius 2 is 2.00 bits per heavy atom. The maximum atomic E-state index is 5.61. The van der Waals surface area contributed by atoms with Gasteiger partial charge in [0.15, 0.2) is 0 Å². The van der Waals surface area contributed by atoms with E-state index in [4.69, 9.17) is 4.43 Å². The van der Waals surface area contributed by atoms with Crippen molar-refractivity contribution in [2.24, 2.45) is 0 Å². The van der Waals surface area contributed by atoms with E-state index < -0.39 is 8.32 Å². The number of rotatable bonds is 3. The minimum absolute atomic E-state index is 0.219. The van der Waals surface area contributed by atoms with Gasteiger partial charge in [-0.2, -0.15) is 0 Å². The van der Waals surface area contributed by atoms with Gasteiger partial charge in [0.25, 0.3) is 0 Å². The topological polar surface area (TPSA) is 9.23 Å². The second-order valence-corrected chi connectivity index (χ2v) is 7.63. The van der Waals surface area contributed by atoms with Gasteiger partial charge in [0.1, 0.15) is 0 Å². The molecule has 0 spiro atoms. The SMILES string of the molecule is [Li][CH](C=C)O[Si](C)(C)C. The van der Waals surface area contributed by atoms with Gasteiger partial charge in [-0.15, -0.1) is 0 Å².